The first-order valence-electron chi connectivity index (χ1n) is 9.88. The van der Waals surface area contributed by atoms with Gasteiger partial charge in [0, 0.05) is 25.0 Å². The van der Waals surface area contributed by atoms with Crippen LogP contribution in [0.1, 0.15) is 11.1 Å². The maximum atomic E-state index is 13.1. The molecule has 2 aromatic carbocycles. The fourth-order valence-corrected chi connectivity index (χ4v) is 4.30. The van der Waals surface area contributed by atoms with Crippen LogP contribution in [0.3, 0.4) is 0 Å². The van der Waals surface area contributed by atoms with Crippen LogP contribution in [0.2, 0.25) is 0 Å². The summed E-state index contributed by atoms with van der Waals surface area (Å²) >= 11 is 0. The molecule has 0 spiro atoms. The molecular formula is C23H25N3O5S. The van der Waals surface area contributed by atoms with Gasteiger partial charge in [-0.2, -0.15) is 4.72 Å². The van der Waals surface area contributed by atoms with E-state index in [-0.39, 0.29) is 23.6 Å². The Kier molecular flexibility index (Phi) is 7.80. The molecule has 0 fully saturated rings. The molecule has 0 bridgehead atoms. The second kappa shape index (κ2) is 10.7. The zero-order chi connectivity index (χ0) is 23.0. The molecule has 1 unspecified atom stereocenters. The number of ether oxygens (including phenoxy) is 2. The van der Waals surface area contributed by atoms with Crippen molar-refractivity contribution in [2.45, 2.75) is 23.9 Å². The van der Waals surface area contributed by atoms with E-state index in [1.807, 2.05) is 36.4 Å². The molecule has 3 rings (SSSR count). The summed E-state index contributed by atoms with van der Waals surface area (Å²) in [5, 5.41) is 2.78. The molecule has 0 aliphatic rings. The second-order valence-electron chi connectivity index (χ2n) is 6.96. The summed E-state index contributed by atoms with van der Waals surface area (Å²) in [6.07, 6.45) is 3.47. The lowest BCUT2D eigenvalue weighted by atomic mass is 10.1. The van der Waals surface area contributed by atoms with Gasteiger partial charge in [0.2, 0.25) is 15.9 Å². The van der Waals surface area contributed by atoms with Crippen molar-refractivity contribution in [3.8, 4) is 11.5 Å². The maximum absolute atomic E-state index is 13.1. The molecule has 168 valence electrons. The molecule has 2 N–H and O–H groups in total. The highest BCUT2D eigenvalue weighted by molar-refractivity contribution is 7.89. The lowest BCUT2D eigenvalue weighted by molar-refractivity contribution is -0.122. The van der Waals surface area contributed by atoms with Crippen molar-refractivity contribution in [2.75, 3.05) is 14.2 Å². The first kappa shape index (κ1) is 23.2. The van der Waals surface area contributed by atoms with E-state index in [2.05, 4.69) is 15.0 Å². The quantitative estimate of drug-likeness (QED) is 0.486. The third kappa shape index (κ3) is 6.05. The minimum Gasteiger partial charge on any atom is -0.493 e. The van der Waals surface area contributed by atoms with Crippen LogP contribution < -0.4 is 19.5 Å². The largest absolute Gasteiger partial charge is 0.493 e. The molecule has 9 heteroatoms. The standard InChI is InChI=1S/C23H25N3O5S/c1-30-21-11-10-19(14-22(21)31-2)32(28,29)26-20(13-17-7-4-3-5-8-17)23(27)25-16-18-9-6-12-24-15-18/h3-12,14-15,20,26H,13,16H2,1-2H3,(H,25,27). The summed E-state index contributed by atoms with van der Waals surface area (Å²) in [5.41, 5.74) is 1.63. The Morgan fingerprint density at radius 3 is 2.34 bits per heavy atom. The van der Waals surface area contributed by atoms with Crippen molar-refractivity contribution >= 4 is 15.9 Å². The highest BCUT2D eigenvalue weighted by Gasteiger charge is 2.27. The van der Waals surface area contributed by atoms with Gasteiger partial charge in [0.1, 0.15) is 6.04 Å². The van der Waals surface area contributed by atoms with Gasteiger partial charge in [0.15, 0.2) is 11.5 Å². The van der Waals surface area contributed by atoms with Gasteiger partial charge < -0.3 is 14.8 Å². The number of carbonyl (C=O) groups is 1. The summed E-state index contributed by atoms with van der Waals surface area (Å²) in [7, 11) is -1.14. The van der Waals surface area contributed by atoms with Gasteiger partial charge in [-0.25, -0.2) is 8.42 Å². The zero-order valence-electron chi connectivity index (χ0n) is 17.8. The Bertz CT molecular complexity index is 1140. The predicted octanol–water partition coefficient (Wildman–Crippen LogP) is 2.30. The van der Waals surface area contributed by atoms with E-state index in [4.69, 9.17) is 9.47 Å². The summed E-state index contributed by atoms with van der Waals surface area (Å²) in [6, 6.07) is 16.0. The first-order valence-corrected chi connectivity index (χ1v) is 11.4. The molecule has 1 aromatic heterocycles. The number of nitrogens with one attached hydrogen (secondary N) is 2. The number of hydrogen-bond acceptors (Lipinski definition) is 6. The van der Waals surface area contributed by atoms with Crippen molar-refractivity contribution in [2.24, 2.45) is 0 Å². The number of rotatable bonds is 10. The van der Waals surface area contributed by atoms with Gasteiger partial charge in [0.05, 0.1) is 19.1 Å². The number of sulfonamides is 1. The van der Waals surface area contributed by atoms with Crippen LogP contribution in [0.4, 0.5) is 0 Å². The topological polar surface area (TPSA) is 107 Å². The normalized spacial score (nSPS) is 12.1. The van der Waals surface area contributed by atoms with Crippen LogP contribution in [0, 0.1) is 0 Å². The minimum atomic E-state index is -4.02. The van der Waals surface area contributed by atoms with Gasteiger partial charge in [-0.1, -0.05) is 36.4 Å². The Balaban J connectivity index is 1.83. The molecule has 3 aromatic rings. The summed E-state index contributed by atoms with van der Waals surface area (Å²) in [5.74, 6) is 0.235. The number of amides is 1. The fourth-order valence-electron chi connectivity index (χ4n) is 3.09. The highest BCUT2D eigenvalue weighted by atomic mass is 32.2. The molecule has 0 saturated carbocycles. The van der Waals surface area contributed by atoms with Crippen LogP contribution in [0.5, 0.6) is 11.5 Å². The Labute approximate surface area is 187 Å². The number of nitrogens with zero attached hydrogens (tertiary/aromatic N) is 1. The number of aromatic nitrogens is 1. The van der Waals surface area contributed by atoms with Gasteiger partial charge >= 0.3 is 0 Å². The summed E-state index contributed by atoms with van der Waals surface area (Å²) < 4.78 is 39.1. The molecule has 8 nitrogen and oxygen atoms in total. The van der Waals surface area contributed by atoms with E-state index in [1.165, 1.54) is 32.4 Å². The fraction of sp³-hybridized carbons (Fsp3) is 0.217. The van der Waals surface area contributed by atoms with E-state index in [1.54, 1.807) is 18.5 Å². The molecule has 1 heterocycles. The SMILES string of the molecule is COc1ccc(S(=O)(=O)NC(Cc2ccccc2)C(=O)NCc2cccnc2)cc1OC. The number of methoxy groups -OCH3 is 2. The first-order chi connectivity index (χ1) is 15.4. The number of carbonyl (C=O) groups excluding carboxylic acids is 1. The molecule has 0 aliphatic heterocycles. The summed E-state index contributed by atoms with van der Waals surface area (Å²) in [6.45, 7) is 0.232. The highest BCUT2D eigenvalue weighted by Crippen LogP contribution is 2.29. The smallest absolute Gasteiger partial charge is 0.241 e. The molecule has 0 radical (unpaired) electrons. The molecule has 32 heavy (non-hydrogen) atoms. The predicted molar refractivity (Wildman–Crippen MR) is 120 cm³/mol. The maximum Gasteiger partial charge on any atom is 0.241 e. The Hall–Kier alpha value is -3.43. The zero-order valence-corrected chi connectivity index (χ0v) is 18.6. The van der Waals surface area contributed by atoms with Gasteiger partial charge in [-0.05, 0) is 35.7 Å². The monoisotopic (exact) mass is 455 g/mol. The lowest BCUT2D eigenvalue weighted by Gasteiger charge is -2.19. The van der Waals surface area contributed by atoms with Crippen LogP contribution >= 0.6 is 0 Å². The minimum absolute atomic E-state index is 0.0340. The van der Waals surface area contributed by atoms with E-state index >= 15 is 0 Å². The molecular weight excluding hydrogens is 430 g/mol. The van der Waals surface area contributed by atoms with Crippen LogP contribution in [-0.2, 0) is 27.8 Å². The average molecular weight is 456 g/mol. The number of hydrogen-bond donors (Lipinski definition) is 2. The van der Waals surface area contributed by atoms with Crippen LogP contribution in [0.25, 0.3) is 0 Å². The van der Waals surface area contributed by atoms with E-state index in [0.717, 1.165) is 11.1 Å². The molecule has 1 amide bonds. The Morgan fingerprint density at radius 2 is 1.69 bits per heavy atom. The van der Waals surface area contributed by atoms with Crippen molar-refractivity contribution < 1.29 is 22.7 Å². The van der Waals surface area contributed by atoms with E-state index in [9.17, 15) is 13.2 Å². The van der Waals surface area contributed by atoms with Crippen LogP contribution in [0.15, 0.2) is 78.0 Å². The summed E-state index contributed by atoms with van der Waals surface area (Å²) in [4.78, 5) is 16.9. The van der Waals surface area contributed by atoms with Crippen molar-refractivity contribution in [1.29, 1.82) is 0 Å². The number of benzene rings is 2. The van der Waals surface area contributed by atoms with Gasteiger partial charge in [-0.3, -0.25) is 9.78 Å². The Morgan fingerprint density at radius 1 is 0.969 bits per heavy atom. The van der Waals surface area contributed by atoms with E-state index in [0.29, 0.717) is 5.75 Å². The van der Waals surface area contributed by atoms with Crippen LogP contribution in [-0.4, -0.2) is 39.6 Å². The third-order valence-corrected chi connectivity index (χ3v) is 6.22. The number of pyridine rings is 1. The lowest BCUT2D eigenvalue weighted by Crippen LogP contribution is -2.47. The van der Waals surface area contributed by atoms with Crippen molar-refractivity contribution in [3.05, 3.63) is 84.2 Å². The average Bonchev–Trinajstić information content (AvgIpc) is 2.82. The molecule has 0 aliphatic carbocycles. The molecule has 0 saturated heterocycles. The van der Waals surface area contributed by atoms with E-state index < -0.39 is 22.0 Å². The second-order valence-corrected chi connectivity index (χ2v) is 8.67. The third-order valence-electron chi connectivity index (χ3n) is 4.75. The van der Waals surface area contributed by atoms with Gasteiger partial charge in [0.25, 0.3) is 0 Å². The molecule has 1 atom stereocenters. The van der Waals surface area contributed by atoms with Crippen molar-refractivity contribution in [1.82, 2.24) is 15.0 Å². The van der Waals surface area contributed by atoms with Crippen molar-refractivity contribution in [3.63, 3.8) is 0 Å². The van der Waals surface area contributed by atoms with Gasteiger partial charge in [-0.15, -0.1) is 0 Å².